The van der Waals surface area contributed by atoms with Crippen molar-refractivity contribution in [2.45, 2.75) is 4.90 Å². The van der Waals surface area contributed by atoms with Gasteiger partial charge in [0.1, 0.15) is 5.82 Å². The minimum atomic E-state index is -4.48. The number of pyridine rings is 1. The second kappa shape index (κ2) is 4.76. The van der Waals surface area contributed by atoms with Gasteiger partial charge in [0.15, 0.2) is 0 Å². The van der Waals surface area contributed by atoms with Crippen LogP contribution in [0.15, 0.2) is 40.0 Å². The third-order valence-electron chi connectivity index (χ3n) is 3.33. The number of benzene rings is 1. The number of aromatic nitrogens is 1. The van der Waals surface area contributed by atoms with E-state index in [0.717, 1.165) is 22.8 Å². The predicted molar refractivity (Wildman–Crippen MR) is 78.1 cm³/mol. The number of nitrogen functional groups attached to an aromatic ring is 1. The number of carbonyl (C=O) groups is 2. The fraction of sp³-hybridized carbons (Fsp3) is 0. The molecule has 0 unspecified atom stereocenters. The second-order valence-electron chi connectivity index (χ2n) is 4.75. The summed E-state index contributed by atoms with van der Waals surface area (Å²) in [5.74, 6) is -1.78. The first-order valence-corrected chi connectivity index (χ1v) is 7.63. The van der Waals surface area contributed by atoms with Gasteiger partial charge >= 0.3 is 0 Å². The summed E-state index contributed by atoms with van der Waals surface area (Å²) in [7, 11) is -4.48. The Labute approximate surface area is 129 Å². The summed E-state index contributed by atoms with van der Waals surface area (Å²) in [6.45, 7) is 0. The highest BCUT2D eigenvalue weighted by atomic mass is 32.2. The van der Waals surface area contributed by atoms with Gasteiger partial charge in [-0.2, -0.15) is 8.42 Å². The van der Waals surface area contributed by atoms with E-state index in [9.17, 15) is 22.8 Å². The van der Waals surface area contributed by atoms with Gasteiger partial charge in [-0.05, 0) is 18.2 Å². The van der Waals surface area contributed by atoms with E-state index in [1.54, 1.807) is 0 Å². The summed E-state index contributed by atoms with van der Waals surface area (Å²) in [5, 5.41) is 2.02. The van der Waals surface area contributed by atoms with Crippen LogP contribution in [0.4, 0.5) is 5.82 Å². The number of hydrogen-bond acceptors (Lipinski definition) is 6. The number of anilines is 1. The normalized spacial score (nSPS) is 13.8. The van der Waals surface area contributed by atoms with Crippen LogP contribution in [0.1, 0.15) is 20.7 Å². The molecule has 1 aliphatic rings. The Kier molecular flexibility index (Phi) is 3.09. The number of imide groups is 1. The van der Waals surface area contributed by atoms with Crippen molar-refractivity contribution in [3.63, 3.8) is 0 Å². The molecule has 0 fully saturated rings. The van der Waals surface area contributed by atoms with Gasteiger partial charge in [0.2, 0.25) is 0 Å². The quantitative estimate of drug-likeness (QED) is 0.497. The Bertz CT molecular complexity index is 1040. The number of fused-ring (bicyclic) bond motifs is 1. The number of hydrogen-bond donors (Lipinski definition) is 3. The van der Waals surface area contributed by atoms with Crippen molar-refractivity contribution in [3.8, 4) is 5.69 Å². The Morgan fingerprint density at radius 2 is 1.78 bits per heavy atom. The first-order valence-electron chi connectivity index (χ1n) is 6.19. The molecular formula is C13H9N3O6S. The van der Waals surface area contributed by atoms with Crippen LogP contribution in [0, 0.1) is 0 Å². The van der Waals surface area contributed by atoms with Crippen molar-refractivity contribution in [2.75, 3.05) is 5.73 Å². The van der Waals surface area contributed by atoms with E-state index in [1.165, 1.54) is 12.1 Å². The smallest absolute Gasteiger partial charge is 0.294 e. The van der Waals surface area contributed by atoms with Gasteiger partial charge in [0.25, 0.3) is 27.5 Å². The van der Waals surface area contributed by atoms with E-state index in [-0.39, 0.29) is 22.6 Å². The molecule has 1 aliphatic heterocycles. The zero-order valence-corrected chi connectivity index (χ0v) is 12.1. The molecule has 0 spiro atoms. The summed E-state index contributed by atoms with van der Waals surface area (Å²) in [4.78, 5) is 35.1. The molecule has 118 valence electrons. The molecule has 3 rings (SSSR count). The zero-order valence-electron chi connectivity index (χ0n) is 11.3. The van der Waals surface area contributed by atoms with Gasteiger partial charge in [-0.25, -0.2) is 0 Å². The standard InChI is InChI=1S/C13H9N3O6S/c14-11-10-8(12(18)15-13(10)19)5-9(17)16(11)6-2-1-3-7(4-6)23(20,21)22/h1-5H,14H2,(H,15,18,19)(H,20,21,22). The minimum absolute atomic E-state index is 0.0255. The third kappa shape index (κ3) is 2.29. The van der Waals surface area contributed by atoms with E-state index in [0.29, 0.717) is 0 Å². The predicted octanol–water partition coefficient (Wildman–Crippen LogP) is -0.450. The molecule has 0 radical (unpaired) electrons. The van der Waals surface area contributed by atoms with Crippen LogP contribution >= 0.6 is 0 Å². The highest BCUT2D eigenvalue weighted by Gasteiger charge is 2.31. The lowest BCUT2D eigenvalue weighted by Gasteiger charge is -2.12. The van der Waals surface area contributed by atoms with Crippen molar-refractivity contribution in [1.29, 1.82) is 0 Å². The lowest BCUT2D eigenvalue weighted by molar-refractivity contribution is 0.0880. The molecule has 0 aliphatic carbocycles. The summed E-state index contributed by atoms with van der Waals surface area (Å²) in [6.07, 6.45) is 0. The van der Waals surface area contributed by atoms with Crippen LogP contribution in [0.25, 0.3) is 5.69 Å². The van der Waals surface area contributed by atoms with Gasteiger partial charge in [-0.3, -0.25) is 28.8 Å². The number of carbonyl (C=O) groups excluding carboxylic acids is 2. The highest BCUT2D eigenvalue weighted by Crippen LogP contribution is 2.23. The van der Waals surface area contributed by atoms with Gasteiger partial charge in [0.05, 0.1) is 21.7 Å². The van der Waals surface area contributed by atoms with E-state index < -0.39 is 32.4 Å². The first kappa shape index (κ1) is 14.9. The molecule has 9 nitrogen and oxygen atoms in total. The van der Waals surface area contributed by atoms with Crippen LogP contribution in [0.3, 0.4) is 0 Å². The van der Waals surface area contributed by atoms with E-state index in [2.05, 4.69) is 0 Å². The second-order valence-corrected chi connectivity index (χ2v) is 6.17. The van der Waals surface area contributed by atoms with Crippen LogP contribution in [-0.2, 0) is 10.1 Å². The first-order chi connectivity index (χ1) is 10.7. The summed E-state index contributed by atoms with van der Waals surface area (Å²) in [5.41, 5.74) is 4.82. The Morgan fingerprint density at radius 3 is 2.43 bits per heavy atom. The maximum atomic E-state index is 12.2. The Hall–Kier alpha value is -2.98. The van der Waals surface area contributed by atoms with Crippen molar-refractivity contribution in [3.05, 3.63) is 51.8 Å². The average molecular weight is 335 g/mol. The van der Waals surface area contributed by atoms with Crippen LogP contribution < -0.4 is 16.6 Å². The average Bonchev–Trinajstić information content (AvgIpc) is 2.73. The number of nitrogens with two attached hydrogens (primary N) is 1. The number of rotatable bonds is 2. The van der Waals surface area contributed by atoms with E-state index >= 15 is 0 Å². The molecule has 0 saturated heterocycles. The number of nitrogens with zero attached hydrogens (tertiary/aromatic N) is 1. The largest absolute Gasteiger partial charge is 0.384 e. The zero-order chi connectivity index (χ0) is 16.9. The Morgan fingerprint density at radius 1 is 1.09 bits per heavy atom. The molecule has 4 N–H and O–H groups in total. The molecule has 2 aromatic rings. The fourth-order valence-electron chi connectivity index (χ4n) is 2.33. The Balaban J connectivity index is 2.31. The van der Waals surface area contributed by atoms with Crippen LogP contribution in [-0.4, -0.2) is 29.4 Å². The monoisotopic (exact) mass is 335 g/mol. The molecule has 0 atom stereocenters. The lowest BCUT2D eigenvalue weighted by Crippen LogP contribution is -2.24. The van der Waals surface area contributed by atoms with Crippen molar-refractivity contribution >= 4 is 27.8 Å². The molecule has 0 bridgehead atoms. The molecule has 10 heteroatoms. The third-order valence-corrected chi connectivity index (χ3v) is 4.18. The summed E-state index contributed by atoms with van der Waals surface area (Å²) < 4.78 is 32.3. The minimum Gasteiger partial charge on any atom is -0.384 e. The van der Waals surface area contributed by atoms with E-state index in [4.69, 9.17) is 10.3 Å². The molecule has 1 aromatic heterocycles. The SMILES string of the molecule is Nc1c2c(cc(=O)n1-c1cccc(S(=O)(=O)O)c1)C(=O)NC2=O. The maximum Gasteiger partial charge on any atom is 0.294 e. The van der Waals surface area contributed by atoms with Crippen LogP contribution in [0.2, 0.25) is 0 Å². The summed E-state index contributed by atoms with van der Waals surface area (Å²) in [6, 6.07) is 5.75. The van der Waals surface area contributed by atoms with Gasteiger partial charge in [-0.1, -0.05) is 6.07 Å². The molecule has 2 amide bonds. The van der Waals surface area contributed by atoms with Crippen molar-refractivity contribution in [1.82, 2.24) is 9.88 Å². The van der Waals surface area contributed by atoms with Gasteiger partial charge in [0, 0.05) is 6.07 Å². The maximum absolute atomic E-state index is 12.2. The number of nitrogens with one attached hydrogen (secondary N) is 1. The molecule has 2 heterocycles. The molecular weight excluding hydrogens is 326 g/mol. The van der Waals surface area contributed by atoms with Gasteiger partial charge < -0.3 is 5.73 Å². The van der Waals surface area contributed by atoms with Crippen molar-refractivity contribution < 1.29 is 22.6 Å². The molecule has 1 aromatic carbocycles. The summed E-state index contributed by atoms with van der Waals surface area (Å²) >= 11 is 0. The van der Waals surface area contributed by atoms with E-state index in [1.807, 2.05) is 5.32 Å². The molecule has 23 heavy (non-hydrogen) atoms. The van der Waals surface area contributed by atoms with Gasteiger partial charge in [-0.15, -0.1) is 0 Å². The molecule has 0 saturated carbocycles. The topological polar surface area (TPSA) is 149 Å². The van der Waals surface area contributed by atoms with Crippen molar-refractivity contribution in [2.24, 2.45) is 0 Å². The van der Waals surface area contributed by atoms with Crippen LogP contribution in [0.5, 0.6) is 0 Å². The fourth-order valence-corrected chi connectivity index (χ4v) is 2.85. The highest BCUT2D eigenvalue weighted by molar-refractivity contribution is 7.85. The lowest BCUT2D eigenvalue weighted by atomic mass is 10.1. The number of amides is 2.